The van der Waals surface area contributed by atoms with Crippen molar-refractivity contribution in [1.82, 2.24) is 4.90 Å². The second-order valence-electron chi connectivity index (χ2n) is 5.30. The van der Waals surface area contributed by atoms with E-state index in [1.165, 1.54) is 0 Å². The monoisotopic (exact) mass is 299 g/mol. The number of nitrogens with zero attached hydrogens (tertiary/aromatic N) is 2. The molecule has 116 valence electrons. The highest BCUT2D eigenvalue weighted by Gasteiger charge is 2.22. The molecule has 0 radical (unpaired) electrons. The van der Waals surface area contributed by atoms with Crippen molar-refractivity contribution in [2.75, 3.05) is 25.0 Å². The van der Waals surface area contributed by atoms with E-state index in [-0.39, 0.29) is 11.7 Å². The number of hydrogen-bond acceptors (Lipinski definition) is 4. The van der Waals surface area contributed by atoms with Crippen LogP contribution in [-0.2, 0) is 0 Å². The van der Waals surface area contributed by atoms with E-state index >= 15 is 0 Å². The van der Waals surface area contributed by atoms with E-state index in [1.807, 2.05) is 0 Å². The molecule has 0 aromatic heterocycles. The Morgan fingerprint density at radius 2 is 2.00 bits per heavy atom. The van der Waals surface area contributed by atoms with E-state index in [9.17, 15) is 18.9 Å². The van der Waals surface area contributed by atoms with Gasteiger partial charge in [0.25, 0.3) is 0 Å². The summed E-state index contributed by atoms with van der Waals surface area (Å²) in [5, 5.41) is 13.7. The molecule has 1 saturated heterocycles. The van der Waals surface area contributed by atoms with Crippen LogP contribution in [-0.4, -0.2) is 35.5 Å². The topological polar surface area (TPSA) is 58.4 Å². The minimum atomic E-state index is -1.15. The summed E-state index contributed by atoms with van der Waals surface area (Å²) >= 11 is 0. The Morgan fingerprint density at radius 1 is 1.33 bits per heavy atom. The third kappa shape index (κ3) is 3.87. The van der Waals surface area contributed by atoms with Gasteiger partial charge in [-0.25, -0.2) is 4.39 Å². The van der Waals surface area contributed by atoms with Gasteiger partial charge in [0.05, 0.1) is 10.6 Å². The van der Waals surface area contributed by atoms with Gasteiger partial charge in [-0.1, -0.05) is 6.92 Å². The third-order valence-electron chi connectivity index (χ3n) is 3.72. The zero-order valence-electron chi connectivity index (χ0n) is 11.9. The first-order chi connectivity index (χ1) is 10.0. The molecule has 1 heterocycles. The normalized spacial score (nSPS) is 16.9. The third-order valence-corrected chi connectivity index (χ3v) is 3.72. The number of rotatable bonds is 5. The lowest BCUT2D eigenvalue weighted by molar-refractivity contribution is -0.387. The molecular weight excluding hydrogens is 280 g/mol. The molecule has 0 spiro atoms. The van der Waals surface area contributed by atoms with Gasteiger partial charge in [-0.05, 0) is 25.8 Å². The summed E-state index contributed by atoms with van der Waals surface area (Å²) in [7, 11) is 0. The zero-order chi connectivity index (χ0) is 15.4. The van der Waals surface area contributed by atoms with Crippen molar-refractivity contribution in [2.45, 2.75) is 32.2 Å². The molecule has 1 fully saturated rings. The van der Waals surface area contributed by atoms with Gasteiger partial charge in [0.15, 0.2) is 0 Å². The number of nitro groups is 1. The predicted octanol–water partition coefficient (Wildman–Crippen LogP) is 3.16. The second-order valence-corrected chi connectivity index (χ2v) is 5.30. The summed E-state index contributed by atoms with van der Waals surface area (Å²) in [5.41, 5.74) is -0.709. The molecule has 5 nitrogen and oxygen atoms in total. The maximum atomic E-state index is 13.7. The molecule has 0 saturated carbocycles. The molecule has 0 amide bonds. The molecular formula is C14H19F2N3O2. The number of likely N-dealkylation sites (tertiary alicyclic amines) is 1. The van der Waals surface area contributed by atoms with E-state index in [2.05, 4.69) is 17.1 Å². The summed E-state index contributed by atoms with van der Waals surface area (Å²) in [4.78, 5) is 12.2. The largest absolute Gasteiger partial charge is 0.380 e. The molecule has 1 N–H and O–H groups in total. The van der Waals surface area contributed by atoms with Crippen LogP contribution in [0.1, 0.15) is 26.2 Å². The molecule has 7 heteroatoms. The van der Waals surface area contributed by atoms with Crippen LogP contribution in [0, 0.1) is 21.7 Å². The zero-order valence-corrected chi connectivity index (χ0v) is 11.9. The minimum Gasteiger partial charge on any atom is -0.380 e. The maximum absolute atomic E-state index is 13.7. The van der Waals surface area contributed by atoms with Crippen LogP contribution in [0.4, 0.5) is 20.2 Å². The molecule has 1 aliphatic heterocycles. The van der Waals surface area contributed by atoms with Gasteiger partial charge in [0.2, 0.25) is 5.82 Å². The lowest BCUT2D eigenvalue weighted by atomic mass is 10.0. The Labute approximate surface area is 122 Å². The Hall–Kier alpha value is -1.76. The summed E-state index contributed by atoms with van der Waals surface area (Å²) < 4.78 is 27.0. The number of hydrogen-bond donors (Lipinski definition) is 1. The van der Waals surface area contributed by atoms with Crippen LogP contribution in [0.3, 0.4) is 0 Å². The maximum Gasteiger partial charge on any atom is 0.307 e. The van der Waals surface area contributed by atoms with Crippen LogP contribution < -0.4 is 5.32 Å². The van der Waals surface area contributed by atoms with Gasteiger partial charge in [0, 0.05) is 31.3 Å². The molecule has 1 aromatic carbocycles. The Balaban J connectivity index is 2.03. The predicted molar refractivity (Wildman–Crippen MR) is 76.4 cm³/mol. The van der Waals surface area contributed by atoms with Crippen LogP contribution >= 0.6 is 0 Å². The highest BCUT2D eigenvalue weighted by Crippen LogP contribution is 2.27. The van der Waals surface area contributed by atoms with Gasteiger partial charge in [0.1, 0.15) is 5.82 Å². The molecule has 0 unspecified atom stereocenters. The standard InChI is InChI=1S/C14H19F2N3O2/c1-2-5-18-6-3-10(4-7-18)17-13-9-14(19(20)21)12(16)8-11(13)15/h8-10,17H,2-7H2,1H3. The Bertz CT molecular complexity index is 517. The average Bonchev–Trinajstić information content (AvgIpc) is 2.43. The molecule has 0 aliphatic carbocycles. The fourth-order valence-electron chi connectivity index (χ4n) is 2.63. The fourth-order valence-corrected chi connectivity index (χ4v) is 2.63. The Kier molecular flexibility index (Phi) is 5.06. The number of nitrogens with one attached hydrogen (secondary N) is 1. The van der Waals surface area contributed by atoms with Crippen molar-refractivity contribution >= 4 is 11.4 Å². The van der Waals surface area contributed by atoms with Crippen molar-refractivity contribution in [3.05, 3.63) is 33.9 Å². The molecule has 2 rings (SSSR count). The van der Waals surface area contributed by atoms with E-state index in [0.29, 0.717) is 6.07 Å². The summed E-state index contributed by atoms with van der Waals surface area (Å²) in [6.07, 6.45) is 2.77. The highest BCUT2D eigenvalue weighted by molar-refractivity contribution is 5.53. The second kappa shape index (κ2) is 6.80. The SMILES string of the molecule is CCCN1CCC(Nc2cc([N+](=O)[O-])c(F)cc2F)CC1. The van der Waals surface area contributed by atoms with E-state index in [1.54, 1.807) is 0 Å². The van der Waals surface area contributed by atoms with Crippen molar-refractivity contribution in [3.63, 3.8) is 0 Å². The van der Waals surface area contributed by atoms with Gasteiger partial charge in [-0.3, -0.25) is 10.1 Å². The highest BCUT2D eigenvalue weighted by atomic mass is 19.1. The number of halogens is 2. The molecule has 0 bridgehead atoms. The van der Waals surface area contributed by atoms with Gasteiger partial charge in [-0.15, -0.1) is 0 Å². The smallest absolute Gasteiger partial charge is 0.307 e. The molecule has 21 heavy (non-hydrogen) atoms. The molecule has 1 aromatic rings. The van der Waals surface area contributed by atoms with Crippen molar-refractivity contribution < 1.29 is 13.7 Å². The van der Waals surface area contributed by atoms with Gasteiger partial charge in [-0.2, -0.15) is 4.39 Å². The first-order valence-electron chi connectivity index (χ1n) is 7.13. The van der Waals surface area contributed by atoms with Crippen LogP contribution in [0.25, 0.3) is 0 Å². The quantitative estimate of drug-likeness (QED) is 0.670. The van der Waals surface area contributed by atoms with Crippen molar-refractivity contribution in [2.24, 2.45) is 0 Å². The average molecular weight is 299 g/mol. The number of nitro benzene ring substituents is 1. The minimum absolute atomic E-state index is 0.00274. The van der Waals surface area contributed by atoms with Crippen molar-refractivity contribution in [1.29, 1.82) is 0 Å². The van der Waals surface area contributed by atoms with E-state index < -0.39 is 22.2 Å². The summed E-state index contributed by atoms with van der Waals surface area (Å²) in [6, 6.07) is 1.55. The summed E-state index contributed by atoms with van der Waals surface area (Å²) in [5.74, 6) is -1.95. The Morgan fingerprint density at radius 3 is 2.57 bits per heavy atom. The van der Waals surface area contributed by atoms with Gasteiger partial charge < -0.3 is 10.2 Å². The lowest BCUT2D eigenvalue weighted by Gasteiger charge is -2.32. The van der Waals surface area contributed by atoms with Crippen molar-refractivity contribution in [3.8, 4) is 0 Å². The lowest BCUT2D eigenvalue weighted by Crippen LogP contribution is -2.39. The number of anilines is 1. The van der Waals surface area contributed by atoms with Gasteiger partial charge >= 0.3 is 5.69 Å². The summed E-state index contributed by atoms with van der Waals surface area (Å²) in [6.45, 7) is 4.99. The van der Waals surface area contributed by atoms with E-state index in [0.717, 1.165) is 45.0 Å². The van der Waals surface area contributed by atoms with E-state index in [4.69, 9.17) is 0 Å². The first-order valence-corrected chi connectivity index (χ1v) is 7.13. The first kappa shape index (κ1) is 15.6. The van der Waals surface area contributed by atoms with Crippen LogP contribution in [0.5, 0.6) is 0 Å². The van der Waals surface area contributed by atoms with Crippen LogP contribution in [0.15, 0.2) is 12.1 Å². The fraction of sp³-hybridized carbons (Fsp3) is 0.571. The number of benzene rings is 1. The number of piperidine rings is 1. The molecule has 1 aliphatic rings. The molecule has 0 atom stereocenters. The van der Waals surface area contributed by atoms with Crippen LogP contribution in [0.2, 0.25) is 0 Å².